The zero-order valence-corrected chi connectivity index (χ0v) is 61.4. The van der Waals surface area contributed by atoms with E-state index in [1.54, 1.807) is 68.4 Å². The van der Waals surface area contributed by atoms with Crippen LogP contribution in [0.5, 0.6) is 0 Å². The van der Waals surface area contributed by atoms with E-state index >= 15 is 0 Å². The predicted octanol–water partition coefficient (Wildman–Crippen LogP) is 0.717. The number of methoxy groups -OCH3 is 2. The van der Waals surface area contributed by atoms with E-state index in [1.165, 1.54) is 28.1 Å². The van der Waals surface area contributed by atoms with Gasteiger partial charge in [-0.1, -0.05) is 87.4 Å². The van der Waals surface area contributed by atoms with Gasteiger partial charge in [0.05, 0.1) is 49.5 Å². The number of carboxylic acids is 1. The summed E-state index contributed by atoms with van der Waals surface area (Å²) in [5.41, 5.74) is 24.5. The number of hydrogen-bond donors (Lipinski definition) is 11. The Bertz CT molecular complexity index is 3180. The summed E-state index contributed by atoms with van der Waals surface area (Å²) in [6.45, 7) is 5.47. The van der Waals surface area contributed by atoms with Gasteiger partial charge in [0.25, 0.3) is 0 Å². The van der Waals surface area contributed by atoms with Crippen molar-refractivity contribution in [2.24, 2.45) is 40.7 Å². The number of carbonyl (C=O) groups is 15. The number of nitrogens with two attached hydrogens (primary N) is 4. The number of ether oxygens (including phenoxy) is 8. The van der Waals surface area contributed by atoms with Gasteiger partial charge >= 0.3 is 41.8 Å². The fourth-order valence-corrected chi connectivity index (χ4v) is 10.4. The van der Waals surface area contributed by atoms with E-state index < -0.39 is 175 Å². The molecule has 2 aromatic carbocycles. The maximum atomic E-state index is 13.9. The van der Waals surface area contributed by atoms with Crippen LogP contribution in [-0.2, 0) is 123 Å². The van der Waals surface area contributed by atoms with Gasteiger partial charge < -0.3 is 92.5 Å². The summed E-state index contributed by atoms with van der Waals surface area (Å²) in [6.07, 6.45) is -1.16. The molecule has 3 rings (SSSR count). The van der Waals surface area contributed by atoms with E-state index in [0.717, 1.165) is 12.0 Å². The average Bonchev–Trinajstić information content (AvgIpc) is 1.27. The molecule has 2 aromatic rings. The van der Waals surface area contributed by atoms with E-state index in [2.05, 4.69) is 26.6 Å². The lowest BCUT2D eigenvalue weighted by molar-refractivity contribution is -0.172. The van der Waals surface area contributed by atoms with Crippen molar-refractivity contribution in [1.82, 2.24) is 26.6 Å². The number of unbranched alkanes of at least 4 members (excludes halogenated alkanes) is 3. The van der Waals surface area contributed by atoms with Crippen molar-refractivity contribution in [3.8, 4) is 0 Å². The molecule has 106 heavy (non-hydrogen) atoms. The van der Waals surface area contributed by atoms with E-state index in [0.29, 0.717) is 57.1 Å². The van der Waals surface area contributed by atoms with Gasteiger partial charge in [0, 0.05) is 78.0 Å². The monoisotopic (exact) mass is 1500 g/mol. The van der Waals surface area contributed by atoms with Gasteiger partial charge in [0.15, 0.2) is 31.2 Å². The fourth-order valence-electron chi connectivity index (χ4n) is 10.4. The van der Waals surface area contributed by atoms with Crippen LogP contribution in [0.4, 0.5) is 0 Å². The lowest BCUT2D eigenvalue weighted by Crippen LogP contribution is -2.54. The largest absolute Gasteiger partial charge is 0.481 e. The van der Waals surface area contributed by atoms with Crippen molar-refractivity contribution < 1.29 is 115 Å². The Morgan fingerprint density at radius 3 is 1.54 bits per heavy atom. The number of carboxylic acid groups (broad SMARTS) is 1. The maximum absolute atomic E-state index is 13.9. The van der Waals surface area contributed by atoms with Crippen LogP contribution in [-0.4, -0.2) is 215 Å². The predicted molar refractivity (Wildman–Crippen MR) is 380 cm³/mol. The lowest BCUT2D eigenvalue weighted by Gasteiger charge is -2.27. The van der Waals surface area contributed by atoms with Crippen LogP contribution in [0.25, 0.3) is 0 Å². The van der Waals surface area contributed by atoms with Crippen LogP contribution in [0.15, 0.2) is 60.7 Å². The maximum Gasteiger partial charge on any atom is 0.347 e. The molecular formula is C72H108N10O24. The number of esters is 6. The molecule has 0 radical (unpaired) electrons. The number of aliphatic carboxylic acids is 1. The van der Waals surface area contributed by atoms with Gasteiger partial charge in [0.2, 0.25) is 29.5 Å². The Morgan fingerprint density at radius 1 is 0.575 bits per heavy atom. The minimum absolute atomic E-state index is 0.0175. The molecule has 590 valence electrons. The summed E-state index contributed by atoms with van der Waals surface area (Å²) in [6, 6.07) is 10.8. The first kappa shape index (κ1) is 92.4. The number of amides is 5. The molecule has 1 aliphatic rings. The molecule has 34 heteroatoms. The van der Waals surface area contributed by atoms with Crippen LogP contribution in [0, 0.1) is 23.2 Å². The third kappa shape index (κ3) is 39.5. The molecule has 1 heterocycles. The first-order valence-electron chi connectivity index (χ1n) is 35.3. The number of nitrogens with one attached hydrogen (secondary N) is 6. The highest BCUT2D eigenvalue weighted by molar-refractivity contribution is 5.98. The molecule has 5 amide bonds. The van der Waals surface area contributed by atoms with Crippen molar-refractivity contribution >= 4 is 94.5 Å². The molecule has 6 unspecified atom stereocenters. The number of rotatable bonds is 44. The van der Waals surface area contributed by atoms with Crippen molar-refractivity contribution in [3.05, 3.63) is 71.8 Å². The third-order valence-electron chi connectivity index (χ3n) is 16.4. The number of hydrogen-bond acceptors (Lipinski definition) is 27. The molecule has 0 aliphatic carbocycles. The van der Waals surface area contributed by atoms with Gasteiger partial charge in [-0.15, -0.1) is 0 Å². The molecule has 0 spiro atoms. The zero-order valence-electron chi connectivity index (χ0n) is 61.4. The standard InChI is InChI=1S/C49H73N7O16.C23H35N3O8/c1-29(2)44-39(59)26-32(14-8-9-16-40(51)52)38(58)19-17-34(57)25-33(27-42(61)62)45(64)54-36(47(66)56-44)18-20-41(60)53-21-11-10-15-35(50)46(65)55-37(24-31-12-6-5-7-13-31)49(68)72-30(3)48(67)71-28-43(63)70-23-22-69-4;1-16(22(29)33-15-20(27)32-13-12-31-2)34-23(30)19(14-17-8-4-3-5-9-17)26-21(28)18(25)10-6-7-11-24/h5-7,12-13,29-30,32-33,35-37,44H,8-11,14-28,50H2,1-4H3,(H3,51,52)(H,53,60)(H,54,64)(H,55,65)(H,56,66)(H,61,62);3-5,8-9,16,18-19H,6-7,10-15,24-25H2,1-2H3,(H,26,28)/t30?,32-,33+,35?,36+,37?,44-;/m1./s1. The van der Waals surface area contributed by atoms with Gasteiger partial charge in [-0.3, -0.25) is 48.6 Å². The highest BCUT2D eigenvalue weighted by Gasteiger charge is 2.36. The van der Waals surface area contributed by atoms with Gasteiger partial charge in [0.1, 0.15) is 42.9 Å². The van der Waals surface area contributed by atoms with Crippen molar-refractivity contribution in [2.45, 2.75) is 198 Å². The second-order valence-electron chi connectivity index (χ2n) is 25.6. The van der Waals surface area contributed by atoms with E-state index in [1.807, 2.05) is 6.07 Å². The molecule has 15 N–H and O–H groups in total. The van der Waals surface area contributed by atoms with Crippen LogP contribution >= 0.6 is 0 Å². The number of Topliss-reactive ketones (excluding diaryl/α,β-unsaturated/α-hetero) is 3. The summed E-state index contributed by atoms with van der Waals surface area (Å²) in [7, 11) is 2.87. The number of amidine groups is 1. The number of carbonyl (C=O) groups excluding carboxylic acids is 14. The molecule has 10 atom stereocenters. The first-order valence-corrected chi connectivity index (χ1v) is 35.3. The highest BCUT2D eigenvalue weighted by atomic mass is 16.6. The fraction of sp³-hybridized carbons (Fsp3) is 0.611. The molecule has 0 aromatic heterocycles. The molecule has 0 bridgehead atoms. The molecule has 1 aliphatic heterocycles. The summed E-state index contributed by atoms with van der Waals surface area (Å²) >= 11 is 0. The van der Waals surface area contributed by atoms with Crippen molar-refractivity contribution in [2.75, 3.05) is 67.0 Å². The summed E-state index contributed by atoms with van der Waals surface area (Å²) < 4.78 is 39.3. The molecule has 1 saturated heterocycles. The summed E-state index contributed by atoms with van der Waals surface area (Å²) in [5, 5.41) is 30.1. The summed E-state index contributed by atoms with van der Waals surface area (Å²) in [5.74, 6) is -14.3. The molecule has 1 fully saturated rings. The van der Waals surface area contributed by atoms with Crippen LogP contribution in [0.2, 0.25) is 0 Å². The third-order valence-corrected chi connectivity index (χ3v) is 16.4. The molecule has 0 saturated carbocycles. The highest BCUT2D eigenvalue weighted by Crippen LogP contribution is 2.23. The summed E-state index contributed by atoms with van der Waals surface area (Å²) in [4.78, 5) is 192. The van der Waals surface area contributed by atoms with Crippen LogP contribution in [0.3, 0.4) is 0 Å². The Hall–Kier alpha value is -9.64. The Labute approximate surface area is 616 Å². The first-order chi connectivity index (χ1) is 50.4. The van der Waals surface area contributed by atoms with Crippen LogP contribution in [0.1, 0.15) is 148 Å². The second kappa shape index (κ2) is 52.3. The quantitative estimate of drug-likeness (QED) is 0.0143. The SMILES string of the molecule is COCCOC(=O)COC(=O)C(C)OC(=O)C(Cc1ccccc1)NC(=O)C(N)CCCCN.COCCOC(=O)COC(=O)C(C)OC(=O)C(Cc1ccccc1)NC(=O)C(N)CCCCNC(=O)CC[C@@H]1NC(=O)[C@H](CC(=O)O)CC(=O)CCC(=O)[C@H](CCCCC(=N)N)CC(=O)[C@@H](C(C)C)NC1=O. The Balaban J connectivity index is 0.000000934. The van der Waals surface area contributed by atoms with Gasteiger partial charge in [-0.2, -0.15) is 0 Å². The smallest absolute Gasteiger partial charge is 0.347 e. The molecular weight excluding hydrogens is 1390 g/mol. The van der Waals surface area contributed by atoms with E-state index in [9.17, 15) is 77.0 Å². The van der Waals surface area contributed by atoms with Crippen molar-refractivity contribution in [1.29, 1.82) is 5.41 Å². The van der Waals surface area contributed by atoms with Crippen molar-refractivity contribution in [3.63, 3.8) is 0 Å². The Morgan fingerprint density at radius 2 is 1.08 bits per heavy atom. The Kier molecular flexibility index (Phi) is 45.6. The second-order valence-corrected chi connectivity index (χ2v) is 25.6. The number of ketones is 3. The topological polar surface area (TPSA) is 538 Å². The van der Waals surface area contributed by atoms with Gasteiger partial charge in [-0.25, -0.2) is 28.8 Å². The minimum Gasteiger partial charge on any atom is -0.481 e. The molecule has 34 nitrogen and oxygen atoms in total. The number of benzene rings is 2. The van der Waals surface area contributed by atoms with E-state index in [-0.39, 0.29) is 102 Å². The normalized spacial score (nSPS) is 17.4. The minimum atomic E-state index is -1.45. The lowest BCUT2D eigenvalue weighted by atomic mass is 9.85. The zero-order chi connectivity index (χ0) is 79.1. The average molecular weight is 1500 g/mol. The van der Waals surface area contributed by atoms with Crippen LogP contribution < -0.4 is 49.5 Å². The van der Waals surface area contributed by atoms with Gasteiger partial charge in [-0.05, 0) is 88.8 Å². The van der Waals surface area contributed by atoms with E-state index in [4.69, 9.17) is 66.2 Å².